The van der Waals surface area contributed by atoms with E-state index < -0.39 is 66.4 Å². The number of alkyl halides is 3. The van der Waals surface area contributed by atoms with Crippen molar-refractivity contribution in [2.24, 2.45) is 0 Å². The topological polar surface area (TPSA) is 98.6 Å². The second-order valence-corrected chi connectivity index (χ2v) is 9.82. The first-order valence-corrected chi connectivity index (χ1v) is 11.9. The predicted molar refractivity (Wildman–Crippen MR) is 123 cm³/mol. The summed E-state index contributed by atoms with van der Waals surface area (Å²) < 4.78 is 96.5. The fraction of sp³-hybridized carbons (Fsp3) is 0.227. The number of carbonyl (C=O) groups excluding carboxylic acids is 1. The van der Waals surface area contributed by atoms with Crippen LogP contribution in [0.25, 0.3) is 16.9 Å². The molecule has 1 aromatic carbocycles. The quantitative estimate of drug-likeness (QED) is 0.259. The summed E-state index contributed by atoms with van der Waals surface area (Å²) >= 11 is 5.82. The van der Waals surface area contributed by atoms with Gasteiger partial charge in [-0.25, -0.2) is 8.78 Å². The van der Waals surface area contributed by atoms with Crippen LogP contribution in [0.5, 0.6) is 5.75 Å². The van der Waals surface area contributed by atoms with E-state index in [0.717, 1.165) is 24.1 Å². The molecule has 3 rings (SSSR count). The Kier molecular flexibility index (Phi) is 7.39. The number of hydrogen-bond donors (Lipinski definition) is 0. The summed E-state index contributed by atoms with van der Waals surface area (Å²) in [7, 11) is -3.37. The minimum Gasteiger partial charge on any atom is -0.374 e. The van der Waals surface area contributed by atoms with Gasteiger partial charge in [0.2, 0.25) is 0 Å². The number of aromatic nitrogens is 2. The molecule has 0 spiro atoms. The van der Waals surface area contributed by atoms with Crippen molar-refractivity contribution in [3.63, 3.8) is 0 Å². The summed E-state index contributed by atoms with van der Waals surface area (Å²) in [5.74, 6) is -4.11. The molecule has 2 heterocycles. The van der Waals surface area contributed by atoms with Crippen LogP contribution in [-0.2, 0) is 10.1 Å². The fourth-order valence-electron chi connectivity index (χ4n) is 3.33. The second-order valence-electron chi connectivity index (χ2n) is 7.91. The maximum Gasteiger partial charge on any atom is 0.534 e. The highest BCUT2D eigenvalue weighted by atomic mass is 35.5. The third-order valence-corrected chi connectivity index (χ3v) is 6.39. The normalized spacial score (nSPS) is 11.9. The van der Waals surface area contributed by atoms with Crippen molar-refractivity contribution >= 4 is 27.6 Å². The molecule has 0 N–H and O–H groups in total. The molecule has 0 fully saturated rings. The SMILES string of the molecule is Cc1cnc(-c2cccc(C(=O)N(C)C)c2F)c(F)c1-n1c(C)cc(OS(=O)(=O)C(F)(F)F)c(Cl)c1=O. The molecule has 0 unspecified atom stereocenters. The number of pyridine rings is 2. The van der Waals surface area contributed by atoms with E-state index in [2.05, 4.69) is 9.17 Å². The van der Waals surface area contributed by atoms with Crippen molar-refractivity contribution in [2.45, 2.75) is 19.4 Å². The summed E-state index contributed by atoms with van der Waals surface area (Å²) in [5.41, 5.74) is -9.16. The van der Waals surface area contributed by atoms with Gasteiger partial charge in [0, 0.05) is 37.6 Å². The zero-order valence-corrected chi connectivity index (χ0v) is 21.0. The Morgan fingerprint density at radius 1 is 1.14 bits per heavy atom. The summed E-state index contributed by atoms with van der Waals surface area (Å²) in [6.45, 7) is 2.50. The second kappa shape index (κ2) is 9.74. The Morgan fingerprint density at radius 3 is 2.32 bits per heavy atom. The van der Waals surface area contributed by atoms with Gasteiger partial charge in [0.25, 0.3) is 11.5 Å². The van der Waals surface area contributed by atoms with Crippen molar-refractivity contribution in [1.29, 1.82) is 0 Å². The molecule has 15 heteroatoms. The zero-order valence-electron chi connectivity index (χ0n) is 19.4. The minimum atomic E-state index is -6.15. The Hall–Kier alpha value is -3.52. The standard InChI is InChI=1S/C22H17ClF5N3O5S/c1-10-9-29-18(12-6-5-7-13(16(12)24)20(32)30(3)4)17(25)19(10)31-11(2)8-14(15(23)21(31)33)36-37(34,35)22(26,27)28/h5-9H,1-4H3. The maximum atomic E-state index is 15.8. The minimum absolute atomic E-state index is 0.0417. The number of carbonyl (C=O) groups is 1. The molecule has 3 aromatic rings. The third kappa shape index (κ3) is 5.03. The van der Waals surface area contributed by atoms with Gasteiger partial charge in [0.1, 0.15) is 16.5 Å². The highest BCUT2D eigenvalue weighted by Crippen LogP contribution is 2.34. The highest BCUT2D eigenvalue weighted by Gasteiger charge is 2.49. The zero-order chi connectivity index (χ0) is 28.0. The molecule has 0 radical (unpaired) electrons. The number of benzene rings is 1. The van der Waals surface area contributed by atoms with Gasteiger partial charge >= 0.3 is 15.6 Å². The first kappa shape index (κ1) is 28.1. The Bertz CT molecular complexity index is 1590. The van der Waals surface area contributed by atoms with Crippen molar-refractivity contribution in [3.05, 3.63) is 74.3 Å². The molecule has 8 nitrogen and oxygen atoms in total. The highest BCUT2D eigenvalue weighted by molar-refractivity contribution is 7.88. The molecule has 0 saturated heterocycles. The van der Waals surface area contributed by atoms with E-state index in [1.165, 1.54) is 33.2 Å². The lowest BCUT2D eigenvalue weighted by Gasteiger charge is -2.18. The average Bonchev–Trinajstić information content (AvgIpc) is 2.78. The van der Waals surface area contributed by atoms with Crippen molar-refractivity contribution in [1.82, 2.24) is 14.5 Å². The van der Waals surface area contributed by atoms with Gasteiger partial charge in [-0.1, -0.05) is 17.7 Å². The van der Waals surface area contributed by atoms with Crippen LogP contribution in [0.3, 0.4) is 0 Å². The van der Waals surface area contributed by atoms with E-state index in [1.54, 1.807) is 0 Å². The smallest absolute Gasteiger partial charge is 0.374 e. The molecule has 0 saturated carbocycles. The van der Waals surface area contributed by atoms with Gasteiger partial charge in [0.05, 0.1) is 11.3 Å². The van der Waals surface area contributed by atoms with Crippen LogP contribution in [0, 0.1) is 25.5 Å². The first-order chi connectivity index (χ1) is 17.0. The van der Waals surface area contributed by atoms with Crippen LogP contribution in [-0.4, -0.2) is 48.4 Å². The summed E-state index contributed by atoms with van der Waals surface area (Å²) in [5, 5.41) is -1.08. The van der Waals surface area contributed by atoms with Gasteiger partial charge in [-0.3, -0.25) is 19.1 Å². The van der Waals surface area contributed by atoms with Gasteiger partial charge in [-0.15, -0.1) is 0 Å². The molecule has 0 aliphatic carbocycles. The summed E-state index contributed by atoms with van der Waals surface area (Å²) in [4.78, 5) is 30.2. The van der Waals surface area contributed by atoms with Gasteiger partial charge in [-0.05, 0) is 31.5 Å². The van der Waals surface area contributed by atoms with Crippen LogP contribution in [0.1, 0.15) is 21.6 Å². The lowest BCUT2D eigenvalue weighted by molar-refractivity contribution is -0.0500. The molecule has 0 atom stereocenters. The average molecular weight is 566 g/mol. The van der Waals surface area contributed by atoms with Gasteiger partial charge in [0.15, 0.2) is 11.6 Å². The van der Waals surface area contributed by atoms with E-state index in [-0.39, 0.29) is 16.8 Å². The lowest BCUT2D eigenvalue weighted by Crippen LogP contribution is -2.30. The number of nitrogens with zero attached hydrogens (tertiary/aromatic N) is 3. The Labute approximate surface area is 212 Å². The Balaban J connectivity index is 2.25. The molecule has 2 aromatic heterocycles. The molecule has 1 amide bonds. The van der Waals surface area contributed by atoms with Gasteiger partial charge < -0.3 is 9.08 Å². The molecular formula is C22H17ClF5N3O5S. The largest absolute Gasteiger partial charge is 0.534 e. The molecule has 37 heavy (non-hydrogen) atoms. The van der Waals surface area contributed by atoms with Crippen LogP contribution < -0.4 is 9.74 Å². The van der Waals surface area contributed by atoms with Crippen LogP contribution >= 0.6 is 11.6 Å². The van der Waals surface area contributed by atoms with Crippen molar-refractivity contribution < 1.29 is 39.3 Å². The molecule has 0 aliphatic heterocycles. The third-order valence-electron chi connectivity index (χ3n) is 5.07. The number of amides is 1. The molecular weight excluding hydrogens is 549 g/mol. The monoisotopic (exact) mass is 565 g/mol. The van der Waals surface area contributed by atoms with E-state index in [4.69, 9.17) is 11.6 Å². The Morgan fingerprint density at radius 2 is 1.76 bits per heavy atom. The van der Waals surface area contributed by atoms with Crippen molar-refractivity contribution in [2.75, 3.05) is 14.1 Å². The van der Waals surface area contributed by atoms with Crippen LogP contribution in [0.15, 0.2) is 35.3 Å². The van der Waals surface area contributed by atoms with E-state index in [1.807, 2.05) is 0 Å². The summed E-state index contributed by atoms with van der Waals surface area (Å²) in [6.07, 6.45) is 1.10. The molecule has 0 bridgehead atoms. The fourth-order valence-corrected chi connectivity index (χ4v) is 4.02. The number of halogens is 6. The number of aryl methyl sites for hydroxylation is 2. The number of rotatable bonds is 5. The predicted octanol–water partition coefficient (Wildman–Crippen LogP) is 4.38. The van der Waals surface area contributed by atoms with Crippen LogP contribution in [0.4, 0.5) is 22.0 Å². The first-order valence-electron chi connectivity index (χ1n) is 10.1. The van der Waals surface area contributed by atoms with E-state index in [0.29, 0.717) is 10.6 Å². The molecule has 0 aliphatic rings. The van der Waals surface area contributed by atoms with Crippen LogP contribution in [0.2, 0.25) is 5.02 Å². The summed E-state index contributed by atoms with van der Waals surface area (Å²) in [6, 6.07) is 4.35. The van der Waals surface area contributed by atoms with Gasteiger partial charge in [-0.2, -0.15) is 21.6 Å². The molecule has 198 valence electrons. The lowest BCUT2D eigenvalue weighted by atomic mass is 10.0. The maximum absolute atomic E-state index is 15.8. The van der Waals surface area contributed by atoms with E-state index >= 15 is 8.78 Å². The van der Waals surface area contributed by atoms with E-state index in [9.17, 15) is 31.2 Å². The number of hydrogen-bond acceptors (Lipinski definition) is 6. The van der Waals surface area contributed by atoms with Crippen molar-refractivity contribution in [3.8, 4) is 22.7 Å².